The molecule has 4 aliphatic rings. The summed E-state index contributed by atoms with van der Waals surface area (Å²) in [6.45, 7) is 9.76. The zero-order valence-corrected chi connectivity index (χ0v) is 64.1. The van der Waals surface area contributed by atoms with Crippen molar-refractivity contribution in [1.82, 2.24) is 0 Å². The number of halogens is 2. The molecule has 0 heterocycles. The Labute approximate surface area is 584 Å². The van der Waals surface area contributed by atoms with Gasteiger partial charge in [0.15, 0.2) is 0 Å². The van der Waals surface area contributed by atoms with Gasteiger partial charge in [-0.2, -0.15) is 0 Å². The fourth-order valence-corrected chi connectivity index (χ4v) is 86.5. The molecule has 0 bridgehead atoms. The van der Waals surface area contributed by atoms with Crippen molar-refractivity contribution >= 4 is 56.0 Å². The van der Waals surface area contributed by atoms with E-state index >= 15 is 0 Å². The standard InChI is InChI=1S/4C16H13.2C12H10Si.2ClH.2Hf/c4*1-12-10-14-8-5-9-15(16(14)11-12)13-6-3-2-4-7-13;2*1-3-7-11(8-4-1)13-12-9-5-2-6-10-12;;;;/h4*2-11H,1H3;2*1-10H;2*1H;;/p-2. The van der Waals surface area contributed by atoms with Crippen molar-refractivity contribution in [3.63, 3.8) is 0 Å². The first kappa shape index (κ1) is 65.0. The number of hydrogen-bond donors (Lipinski definition) is 0. The van der Waals surface area contributed by atoms with E-state index in [2.05, 4.69) is 367 Å². The predicted octanol–water partition coefficient (Wildman–Crippen LogP) is 14.1. The van der Waals surface area contributed by atoms with E-state index < -0.39 is 51.1 Å². The van der Waals surface area contributed by atoms with Crippen molar-refractivity contribution in [3.05, 3.63) is 382 Å². The summed E-state index contributed by atoms with van der Waals surface area (Å²) in [5.41, 5.74) is 26.8. The number of benzene rings is 12. The molecule has 94 heavy (non-hydrogen) atoms. The van der Waals surface area contributed by atoms with Crippen LogP contribution < -0.4 is 45.6 Å². The van der Waals surface area contributed by atoms with Crippen LogP contribution in [0.5, 0.6) is 0 Å². The van der Waals surface area contributed by atoms with Crippen LogP contribution in [-0.4, -0.2) is 11.0 Å². The minimum absolute atomic E-state index is 0. The van der Waals surface area contributed by atoms with Gasteiger partial charge in [-0.3, -0.25) is 0 Å². The molecule has 0 aromatic heterocycles. The molecule has 0 nitrogen and oxygen atoms in total. The van der Waals surface area contributed by atoms with Gasteiger partial charge in [0.1, 0.15) is 0 Å². The van der Waals surface area contributed by atoms with Crippen molar-refractivity contribution in [2.75, 3.05) is 0 Å². The van der Waals surface area contributed by atoms with Crippen LogP contribution in [0.1, 0.15) is 86.9 Å². The summed E-state index contributed by atoms with van der Waals surface area (Å²) < 4.78 is 2.05. The van der Waals surface area contributed by atoms with E-state index in [9.17, 15) is 0 Å². The molecule has 4 aliphatic carbocycles. The van der Waals surface area contributed by atoms with Gasteiger partial charge in [-0.05, 0) is 0 Å². The summed E-state index contributed by atoms with van der Waals surface area (Å²) in [4.78, 5) is 0. The summed E-state index contributed by atoms with van der Waals surface area (Å²) in [6, 6.07) is 119. The Bertz CT molecular complexity index is 4310. The molecule has 0 fully saturated rings. The summed E-state index contributed by atoms with van der Waals surface area (Å²) >= 11 is -5.79. The van der Waals surface area contributed by atoms with E-state index in [0.29, 0.717) is 14.7 Å². The van der Waals surface area contributed by atoms with Gasteiger partial charge in [0.05, 0.1) is 0 Å². The normalized spacial score (nSPS) is 16.0. The SMILES string of the molecule is CC1=Cc2c(-c3ccccc3)cccc2[CH]1[Hf]([CH]1C(C)=Cc2c(-c3ccccc3)cccc21)=[Si](c1ccccc1)c1ccccc1.CC1=Cc2c(-c3ccccc3)cccc2[CH]1[Hf]([CH]1C(C)=Cc2c(-c3ccccc3)cccc21)=[Si](c1ccccc1)c1ccccc1.[Cl-].[Cl-]. The van der Waals surface area contributed by atoms with Crippen molar-refractivity contribution in [2.24, 2.45) is 0 Å². The van der Waals surface area contributed by atoms with E-state index in [1.165, 1.54) is 66.8 Å². The number of allylic oxidation sites excluding steroid dienone is 4. The Morgan fingerprint density at radius 2 is 0.394 bits per heavy atom. The van der Waals surface area contributed by atoms with Crippen LogP contribution in [0.3, 0.4) is 0 Å². The zero-order chi connectivity index (χ0) is 62.1. The second kappa shape index (κ2) is 29.1. The Morgan fingerprint density at radius 3 is 0.585 bits per heavy atom. The summed E-state index contributed by atoms with van der Waals surface area (Å²) in [6.07, 6.45) is 10.2. The minimum Gasteiger partial charge on any atom is -1.00 e. The van der Waals surface area contributed by atoms with Crippen molar-refractivity contribution in [3.8, 4) is 44.5 Å². The Balaban J connectivity index is 0.000000167. The molecule has 16 rings (SSSR count). The van der Waals surface area contributed by atoms with E-state index in [1.807, 2.05) is 0 Å². The van der Waals surface area contributed by atoms with Crippen LogP contribution in [-0.2, 0) is 40.1 Å². The molecule has 4 unspecified atom stereocenters. The Morgan fingerprint density at radius 1 is 0.213 bits per heavy atom. The van der Waals surface area contributed by atoms with Crippen LogP contribution in [0.4, 0.5) is 0 Å². The maximum absolute atomic E-state index is 2.89. The minimum atomic E-state index is -2.89. The molecule has 12 aromatic carbocycles. The predicted molar refractivity (Wildman–Crippen MR) is 389 cm³/mol. The summed E-state index contributed by atoms with van der Waals surface area (Å²) in [5, 5.41) is 6.28. The van der Waals surface area contributed by atoms with Crippen molar-refractivity contribution < 1.29 is 64.9 Å². The van der Waals surface area contributed by atoms with Gasteiger partial charge in [-0.25, -0.2) is 0 Å². The molecule has 6 heteroatoms. The van der Waals surface area contributed by atoms with Gasteiger partial charge >= 0.3 is 565 Å². The number of fused-ring (bicyclic) bond motifs is 4. The first-order valence-corrected chi connectivity index (χ1v) is 54.6. The molecule has 0 aliphatic heterocycles. The molecule has 0 amide bonds. The van der Waals surface area contributed by atoms with E-state index in [1.54, 1.807) is 65.3 Å². The smallest absolute Gasteiger partial charge is 1.00 e. The third-order valence-corrected chi connectivity index (χ3v) is 78.6. The maximum atomic E-state index is 2.55. The van der Waals surface area contributed by atoms with Gasteiger partial charge in [0.25, 0.3) is 0 Å². The third-order valence-electron chi connectivity index (χ3n) is 19.5. The molecule has 0 radical (unpaired) electrons. The molecule has 0 saturated carbocycles. The quantitative estimate of drug-likeness (QED) is 0.107. The topological polar surface area (TPSA) is 0 Å². The molecule has 4 atom stereocenters. The zero-order valence-electron chi connectivity index (χ0n) is 53.4. The van der Waals surface area contributed by atoms with Crippen molar-refractivity contribution in [1.29, 1.82) is 0 Å². The molecular weight excluding hydrogens is 1540 g/mol. The Hall–Kier alpha value is -7.65. The Kier molecular flexibility index (Phi) is 20.2. The van der Waals surface area contributed by atoms with Crippen LogP contribution in [0.15, 0.2) is 338 Å². The number of hydrogen-bond acceptors (Lipinski definition) is 0. The van der Waals surface area contributed by atoms with Gasteiger partial charge < -0.3 is 24.8 Å². The summed E-state index contributed by atoms with van der Waals surface area (Å²) in [5.74, 6) is 0. The van der Waals surface area contributed by atoms with Crippen LogP contribution in [0.25, 0.3) is 68.8 Å². The average Bonchev–Trinajstić information content (AvgIpc) is 1.56. The first-order valence-electron chi connectivity index (χ1n) is 32.5. The van der Waals surface area contributed by atoms with E-state index in [4.69, 9.17) is 0 Å². The maximum Gasteiger partial charge on any atom is -1.00 e. The average molecular weight is 1610 g/mol. The largest absolute Gasteiger partial charge is 1.00 e. The first-order chi connectivity index (χ1) is 45.4. The molecular formula is C88H72Cl2Hf2Si2-2. The molecule has 12 aromatic rings. The van der Waals surface area contributed by atoms with E-state index in [0.717, 1.165) is 0 Å². The van der Waals surface area contributed by atoms with E-state index in [-0.39, 0.29) is 24.8 Å². The second-order valence-electron chi connectivity index (χ2n) is 25.1. The van der Waals surface area contributed by atoms with Crippen LogP contribution >= 0.6 is 0 Å². The van der Waals surface area contributed by atoms with Gasteiger partial charge in [0, 0.05) is 0 Å². The molecule has 0 N–H and O–H groups in total. The van der Waals surface area contributed by atoms with Crippen LogP contribution in [0.2, 0.25) is 0 Å². The van der Waals surface area contributed by atoms with Gasteiger partial charge in [-0.1, -0.05) is 0 Å². The van der Waals surface area contributed by atoms with Gasteiger partial charge in [0.2, 0.25) is 0 Å². The molecule has 0 spiro atoms. The monoisotopic (exact) mass is 1610 g/mol. The van der Waals surface area contributed by atoms with Gasteiger partial charge in [-0.15, -0.1) is 0 Å². The van der Waals surface area contributed by atoms with Crippen molar-refractivity contribution in [2.45, 2.75) is 42.4 Å². The summed E-state index contributed by atoms with van der Waals surface area (Å²) in [7, 11) is 0. The fourth-order valence-electron chi connectivity index (χ4n) is 15.7. The third kappa shape index (κ3) is 12.5. The van der Waals surface area contributed by atoms with Crippen LogP contribution in [0, 0.1) is 0 Å². The number of rotatable bonds is 12. The molecule has 456 valence electrons. The fraction of sp³-hybridized carbons (Fsp3) is 0.0909. The second-order valence-corrected chi connectivity index (χ2v) is 64.0. The molecule has 0 saturated heterocycles.